The number of carbonyl (C=O) groups excluding carboxylic acids is 2. The van der Waals surface area contributed by atoms with Crippen LogP contribution in [0.15, 0.2) is 11.6 Å². The Bertz CT molecular complexity index is 1130. The fourth-order valence-corrected chi connectivity index (χ4v) is 10.9. The van der Waals surface area contributed by atoms with Crippen molar-refractivity contribution in [3.8, 4) is 0 Å². The minimum absolute atomic E-state index is 0.0624. The van der Waals surface area contributed by atoms with Crippen LogP contribution in [0.2, 0.25) is 0 Å². The number of ketones is 1. The van der Waals surface area contributed by atoms with Crippen molar-refractivity contribution in [1.82, 2.24) is 0 Å². The van der Waals surface area contributed by atoms with Crippen LogP contribution < -0.4 is 0 Å². The maximum absolute atomic E-state index is 14.4. The summed E-state index contributed by atoms with van der Waals surface area (Å²) >= 11 is 0. The van der Waals surface area contributed by atoms with E-state index in [-0.39, 0.29) is 30.7 Å². The highest BCUT2D eigenvalue weighted by Gasteiger charge is 2.72. The quantitative estimate of drug-likeness (QED) is 0.394. The van der Waals surface area contributed by atoms with Crippen molar-refractivity contribution in [2.45, 2.75) is 98.2 Å². The molecule has 0 saturated heterocycles. The predicted molar refractivity (Wildman–Crippen MR) is 142 cm³/mol. The van der Waals surface area contributed by atoms with Crippen molar-refractivity contribution in [2.24, 2.45) is 50.2 Å². The molecule has 8 nitrogen and oxygen atoms in total. The average molecular weight is 547 g/mol. The summed E-state index contributed by atoms with van der Waals surface area (Å²) in [5.74, 6) is -2.33. The first-order valence-electron chi connectivity index (χ1n) is 14.6. The number of carbonyl (C=O) groups is 3. The molecule has 218 valence electrons. The van der Waals surface area contributed by atoms with E-state index in [0.717, 1.165) is 5.57 Å². The molecule has 0 aromatic heterocycles. The summed E-state index contributed by atoms with van der Waals surface area (Å²) in [6.07, 6.45) is 3.45. The van der Waals surface area contributed by atoms with Gasteiger partial charge in [-0.05, 0) is 92.4 Å². The molecule has 0 radical (unpaired) electrons. The molecule has 5 rings (SSSR count). The van der Waals surface area contributed by atoms with E-state index in [1.54, 1.807) is 6.08 Å². The molecule has 11 atom stereocenters. The number of esters is 1. The molecule has 0 bridgehead atoms. The van der Waals surface area contributed by atoms with E-state index in [0.29, 0.717) is 44.9 Å². The van der Waals surface area contributed by atoms with Crippen molar-refractivity contribution in [1.29, 1.82) is 0 Å². The zero-order chi connectivity index (χ0) is 29.0. The Morgan fingerprint density at radius 2 is 1.64 bits per heavy atom. The number of carboxylic acids is 1. The minimum Gasteiger partial charge on any atom is -0.481 e. The van der Waals surface area contributed by atoms with Gasteiger partial charge in [-0.2, -0.15) is 0 Å². The van der Waals surface area contributed by atoms with E-state index >= 15 is 0 Å². The monoisotopic (exact) mass is 546 g/mol. The summed E-state index contributed by atoms with van der Waals surface area (Å²) in [4.78, 5) is 40.1. The summed E-state index contributed by atoms with van der Waals surface area (Å²) < 4.78 is 5.14. The highest BCUT2D eigenvalue weighted by atomic mass is 16.5. The van der Waals surface area contributed by atoms with E-state index in [9.17, 15) is 34.8 Å². The van der Waals surface area contributed by atoms with Crippen LogP contribution in [0.3, 0.4) is 0 Å². The predicted octanol–water partition coefficient (Wildman–Crippen LogP) is 3.51. The van der Waals surface area contributed by atoms with Crippen LogP contribution in [-0.2, 0) is 19.1 Å². The van der Waals surface area contributed by atoms with Gasteiger partial charge in [0.1, 0.15) is 0 Å². The Labute approximate surface area is 231 Å². The first-order chi connectivity index (χ1) is 18.0. The Balaban J connectivity index is 1.66. The molecule has 39 heavy (non-hydrogen) atoms. The number of aliphatic carboxylic acids is 1. The molecule has 0 aliphatic heterocycles. The topological polar surface area (TPSA) is 141 Å². The van der Waals surface area contributed by atoms with Crippen LogP contribution in [0.5, 0.6) is 0 Å². The highest BCUT2D eigenvalue weighted by molar-refractivity contribution is 5.96. The smallest absolute Gasteiger partial charge is 0.311 e. The maximum Gasteiger partial charge on any atom is 0.311 e. The van der Waals surface area contributed by atoms with Crippen LogP contribution in [0.4, 0.5) is 0 Å². The lowest BCUT2D eigenvalue weighted by molar-refractivity contribution is -0.239. The number of aliphatic hydroxyl groups excluding tert-OH is 3. The van der Waals surface area contributed by atoms with E-state index < -0.39 is 62.5 Å². The molecule has 5 aliphatic carbocycles. The summed E-state index contributed by atoms with van der Waals surface area (Å²) in [5, 5.41) is 42.9. The fourth-order valence-electron chi connectivity index (χ4n) is 10.9. The third kappa shape index (κ3) is 3.37. The minimum atomic E-state index is -1.07. The lowest BCUT2D eigenvalue weighted by Gasteiger charge is -2.70. The van der Waals surface area contributed by atoms with Crippen molar-refractivity contribution in [2.75, 3.05) is 13.7 Å². The number of carboxylic acid groups (broad SMARTS) is 1. The molecule has 8 heteroatoms. The number of aliphatic hydroxyl groups is 3. The van der Waals surface area contributed by atoms with Gasteiger partial charge in [-0.3, -0.25) is 14.4 Å². The van der Waals surface area contributed by atoms with Gasteiger partial charge in [0.2, 0.25) is 0 Å². The molecular weight excluding hydrogens is 500 g/mol. The van der Waals surface area contributed by atoms with Gasteiger partial charge in [0.25, 0.3) is 0 Å². The number of hydrogen-bond donors (Lipinski definition) is 4. The average Bonchev–Trinajstić information content (AvgIpc) is 2.87. The Morgan fingerprint density at radius 3 is 2.23 bits per heavy atom. The number of ether oxygens (including phenoxy) is 1. The van der Waals surface area contributed by atoms with Crippen LogP contribution in [0, 0.1) is 50.2 Å². The summed E-state index contributed by atoms with van der Waals surface area (Å²) in [6, 6.07) is 0. The standard InChI is InChI=1S/C31H46O8/c1-26(25(38)39-6)9-11-31(24(36)37)12-10-29(4)17(18(31)14-26)13-19(33)22-27(2)15-20(34)23(35)28(3,16-32)21(27)7-8-30(22,29)5/h13,18,20-23,32,34-35H,7-12,14-16H2,1-6H3,(H,36,37)/t18-,20-,21-,22+,23-,26-,27-,28-,29+,30+,31-/m0/s1. The largest absolute Gasteiger partial charge is 0.481 e. The summed E-state index contributed by atoms with van der Waals surface area (Å²) in [7, 11) is 1.36. The highest BCUT2D eigenvalue weighted by Crippen LogP contribution is 2.75. The van der Waals surface area contributed by atoms with E-state index in [2.05, 4.69) is 13.8 Å². The van der Waals surface area contributed by atoms with Gasteiger partial charge in [0, 0.05) is 11.3 Å². The second-order valence-electron chi connectivity index (χ2n) is 14.9. The second-order valence-corrected chi connectivity index (χ2v) is 14.9. The van der Waals surface area contributed by atoms with Gasteiger partial charge in [0.15, 0.2) is 5.78 Å². The lowest BCUT2D eigenvalue weighted by Crippen LogP contribution is -2.69. The first-order valence-corrected chi connectivity index (χ1v) is 14.6. The second kappa shape index (κ2) is 8.62. The van der Waals surface area contributed by atoms with Gasteiger partial charge in [-0.15, -0.1) is 0 Å². The molecule has 4 saturated carbocycles. The molecule has 0 aromatic rings. The maximum atomic E-state index is 14.4. The number of hydrogen-bond acceptors (Lipinski definition) is 7. The van der Waals surface area contributed by atoms with Gasteiger partial charge in [-0.25, -0.2) is 0 Å². The van der Waals surface area contributed by atoms with Crippen molar-refractivity contribution in [3.05, 3.63) is 11.6 Å². The molecule has 4 fully saturated rings. The van der Waals surface area contributed by atoms with E-state index in [4.69, 9.17) is 4.74 Å². The molecule has 0 amide bonds. The van der Waals surface area contributed by atoms with Crippen LogP contribution in [0.25, 0.3) is 0 Å². The third-order valence-electron chi connectivity index (χ3n) is 13.3. The zero-order valence-electron chi connectivity index (χ0n) is 24.2. The third-order valence-corrected chi connectivity index (χ3v) is 13.3. The summed E-state index contributed by atoms with van der Waals surface area (Å²) in [6.45, 7) is 9.77. The SMILES string of the molecule is COC(=O)[C@@]1(C)CC[C@]2(C(=O)O)CC[C@]3(C)C(=CC(=O)[C@@H]4[C@@]5(C)C[C@H](O)[C@H](O)[C@@](C)(CO)[C@H]5CC[C@]43C)[C@@H]2C1. The van der Waals surface area contributed by atoms with Gasteiger partial charge in [-0.1, -0.05) is 33.3 Å². The molecule has 0 unspecified atom stereocenters. The number of allylic oxidation sites excluding steroid dienone is 2. The van der Waals surface area contributed by atoms with Crippen molar-refractivity contribution in [3.63, 3.8) is 0 Å². The van der Waals surface area contributed by atoms with Crippen LogP contribution in [0.1, 0.15) is 86.0 Å². The van der Waals surface area contributed by atoms with Gasteiger partial charge >= 0.3 is 11.9 Å². The lowest BCUT2D eigenvalue weighted by atomic mass is 9.33. The molecule has 0 spiro atoms. The zero-order valence-corrected chi connectivity index (χ0v) is 24.2. The van der Waals surface area contributed by atoms with Gasteiger partial charge < -0.3 is 25.2 Å². The normalized spacial score (nSPS) is 52.9. The molecular formula is C31H46O8. The molecule has 5 aliphatic rings. The Kier molecular flexibility index (Phi) is 6.35. The number of fused-ring (bicyclic) bond motifs is 7. The first kappa shape index (κ1) is 28.7. The Hall–Kier alpha value is -1.77. The molecule has 0 aromatic carbocycles. The summed E-state index contributed by atoms with van der Waals surface area (Å²) in [5.41, 5.74) is -3.57. The van der Waals surface area contributed by atoms with E-state index in [1.807, 2.05) is 20.8 Å². The van der Waals surface area contributed by atoms with Crippen LogP contribution >= 0.6 is 0 Å². The number of methoxy groups -OCH3 is 1. The van der Waals surface area contributed by atoms with Crippen molar-refractivity contribution < 1.29 is 39.5 Å². The fraction of sp³-hybridized carbons (Fsp3) is 0.839. The molecule has 0 heterocycles. The Morgan fingerprint density at radius 1 is 1.00 bits per heavy atom. The molecule has 4 N–H and O–H groups in total. The van der Waals surface area contributed by atoms with E-state index in [1.165, 1.54) is 7.11 Å². The number of rotatable bonds is 3. The van der Waals surface area contributed by atoms with Crippen molar-refractivity contribution >= 4 is 17.7 Å². The van der Waals surface area contributed by atoms with Crippen LogP contribution in [-0.4, -0.2) is 64.1 Å². The van der Waals surface area contributed by atoms with Gasteiger partial charge in [0.05, 0.1) is 36.8 Å².